The maximum Gasteiger partial charge on any atom is 0.271 e. The number of fused-ring (bicyclic) bond motifs is 2. The molecule has 1 aromatic heterocycles. The van der Waals surface area contributed by atoms with Crippen molar-refractivity contribution < 1.29 is 9.59 Å². The van der Waals surface area contributed by atoms with E-state index < -0.39 is 0 Å². The van der Waals surface area contributed by atoms with Crippen molar-refractivity contribution in [1.82, 2.24) is 20.6 Å². The van der Waals surface area contributed by atoms with Crippen LogP contribution < -0.4 is 10.6 Å². The van der Waals surface area contributed by atoms with E-state index in [-0.39, 0.29) is 22.9 Å². The van der Waals surface area contributed by atoms with Crippen molar-refractivity contribution in [3.05, 3.63) is 59.7 Å². The molecule has 0 aliphatic heterocycles. The molecule has 6 heteroatoms. The van der Waals surface area contributed by atoms with Crippen molar-refractivity contribution in [2.75, 3.05) is 0 Å². The average molecular weight is 364 g/mol. The minimum Gasteiger partial charge on any atom is -0.347 e. The molecule has 1 heterocycles. The number of nitrogens with one attached hydrogen (secondary N) is 2. The van der Waals surface area contributed by atoms with Gasteiger partial charge in [-0.2, -0.15) is 0 Å². The zero-order chi connectivity index (χ0) is 18.9. The largest absolute Gasteiger partial charge is 0.347 e. The van der Waals surface area contributed by atoms with Gasteiger partial charge in [0.15, 0.2) is 0 Å². The van der Waals surface area contributed by atoms with Crippen LogP contribution in [-0.2, 0) is 0 Å². The van der Waals surface area contributed by atoms with Gasteiger partial charge in [0, 0.05) is 29.0 Å². The molecule has 2 aliphatic carbocycles. The zero-order valence-corrected chi connectivity index (χ0v) is 15.5. The van der Waals surface area contributed by atoms with Crippen LogP contribution in [0.15, 0.2) is 42.9 Å². The third kappa shape index (κ3) is 3.56. The van der Waals surface area contributed by atoms with Gasteiger partial charge in [0.2, 0.25) is 0 Å². The van der Waals surface area contributed by atoms with Crippen molar-refractivity contribution in [2.45, 2.75) is 56.5 Å². The molecule has 2 fully saturated rings. The van der Waals surface area contributed by atoms with E-state index in [4.69, 9.17) is 0 Å². The van der Waals surface area contributed by atoms with Gasteiger partial charge in [0.05, 0.1) is 6.20 Å². The first kappa shape index (κ1) is 17.6. The Balaban J connectivity index is 1.48. The Labute approximate surface area is 158 Å². The van der Waals surface area contributed by atoms with E-state index in [0.29, 0.717) is 11.3 Å². The van der Waals surface area contributed by atoms with Crippen LogP contribution >= 0.6 is 0 Å². The first-order valence-corrected chi connectivity index (χ1v) is 9.47. The summed E-state index contributed by atoms with van der Waals surface area (Å²) in [5.74, 6) is -0.220. The number of aromatic nitrogens is 2. The molecule has 2 saturated carbocycles. The third-order valence-corrected chi connectivity index (χ3v) is 5.90. The molecule has 2 aliphatic rings. The van der Waals surface area contributed by atoms with E-state index in [1.165, 1.54) is 12.4 Å². The molecule has 2 bridgehead atoms. The first-order chi connectivity index (χ1) is 13.0. The van der Waals surface area contributed by atoms with Crippen LogP contribution in [0.2, 0.25) is 0 Å². The number of hydrogen-bond donors (Lipinski definition) is 2. The molecule has 2 aromatic rings. The Kier molecular flexibility index (Phi) is 4.42. The molecule has 4 rings (SSSR count). The van der Waals surface area contributed by atoms with Gasteiger partial charge in [-0.3, -0.25) is 14.6 Å². The number of nitrogens with zero attached hydrogens (tertiary/aromatic N) is 2. The fourth-order valence-corrected chi connectivity index (χ4v) is 4.65. The third-order valence-electron chi connectivity index (χ3n) is 5.90. The highest BCUT2D eigenvalue weighted by Crippen LogP contribution is 2.48. The molecule has 140 valence electrons. The molecule has 27 heavy (non-hydrogen) atoms. The van der Waals surface area contributed by atoms with Crippen LogP contribution in [0.5, 0.6) is 0 Å². The lowest BCUT2D eigenvalue weighted by Gasteiger charge is -2.40. The van der Waals surface area contributed by atoms with Crippen molar-refractivity contribution >= 4 is 11.8 Å². The van der Waals surface area contributed by atoms with E-state index in [1.54, 1.807) is 6.20 Å². The van der Waals surface area contributed by atoms with Gasteiger partial charge >= 0.3 is 0 Å². The van der Waals surface area contributed by atoms with Crippen LogP contribution in [-0.4, -0.2) is 32.9 Å². The van der Waals surface area contributed by atoms with Gasteiger partial charge in [0.1, 0.15) is 5.69 Å². The van der Waals surface area contributed by atoms with Crippen molar-refractivity contribution in [3.63, 3.8) is 0 Å². The van der Waals surface area contributed by atoms with E-state index in [1.807, 2.05) is 31.2 Å². The van der Waals surface area contributed by atoms with Gasteiger partial charge in [-0.1, -0.05) is 17.7 Å². The molecule has 2 amide bonds. The molecule has 6 nitrogen and oxygen atoms in total. The minimum absolute atomic E-state index is 0.0309. The second kappa shape index (κ2) is 6.76. The summed E-state index contributed by atoms with van der Waals surface area (Å²) in [5, 5.41) is 6.48. The number of benzene rings is 1. The molecule has 0 spiro atoms. The summed E-state index contributed by atoms with van der Waals surface area (Å²) < 4.78 is 0. The summed E-state index contributed by atoms with van der Waals surface area (Å²) in [6.45, 7) is 1.98. The number of amides is 2. The molecule has 2 atom stereocenters. The van der Waals surface area contributed by atoms with Gasteiger partial charge in [-0.15, -0.1) is 0 Å². The molecule has 2 N–H and O–H groups in total. The molecule has 0 radical (unpaired) electrons. The molecular formula is C21H24N4O2. The topological polar surface area (TPSA) is 84.0 Å². The fraction of sp³-hybridized carbons (Fsp3) is 0.429. The van der Waals surface area contributed by atoms with Crippen LogP contribution in [0, 0.1) is 6.92 Å². The normalized spacial score (nSPS) is 26.4. The Hall–Kier alpha value is -2.76. The summed E-state index contributed by atoms with van der Waals surface area (Å²) >= 11 is 0. The monoisotopic (exact) mass is 364 g/mol. The number of rotatable bonds is 4. The fourth-order valence-electron chi connectivity index (χ4n) is 4.65. The first-order valence-electron chi connectivity index (χ1n) is 9.47. The van der Waals surface area contributed by atoms with Crippen LogP contribution in [0.25, 0.3) is 0 Å². The van der Waals surface area contributed by atoms with Gasteiger partial charge in [0.25, 0.3) is 11.8 Å². The lowest BCUT2D eigenvalue weighted by molar-refractivity contribution is 0.0829. The van der Waals surface area contributed by atoms with Crippen molar-refractivity contribution in [2.24, 2.45) is 0 Å². The zero-order valence-electron chi connectivity index (χ0n) is 15.5. The quantitative estimate of drug-likeness (QED) is 0.874. The Morgan fingerprint density at radius 3 is 2.41 bits per heavy atom. The van der Waals surface area contributed by atoms with Crippen molar-refractivity contribution in [1.29, 1.82) is 0 Å². The Morgan fingerprint density at radius 1 is 1.00 bits per heavy atom. The van der Waals surface area contributed by atoms with Gasteiger partial charge in [-0.05, 0) is 57.6 Å². The maximum absolute atomic E-state index is 12.8. The SMILES string of the molecule is Cc1cccc(C(=O)NC23CCCC(NC(=O)c4cnccn4)(CC2)C3)c1. The standard InChI is InChI=1S/C21H24N4O2/c1-15-4-2-5-16(12-15)18(26)24-20-6-3-7-21(14-20,9-8-20)25-19(27)17-13-22-10-11-23-17/h2,4-5,10-13H,3,6-9,14H2,1H3,(H,24,26)(H,25,27). The molecule has 2 unspecified atom stereocenters. The predicted octanol–water partition coefficient (Wildman–Crippen LogP) is 2.79. The molecule has 0 saturated heterocycles. The van der Waals surface area contributed by atoms with Crippen LogP contribution in [0.3, 0.4) is 0 Å². The molecular weight excluding hydrogens is 340 g/mol. The Morgan fingerprint density at radius 2 is 1.74 bits per heavy atom. The van der Waals surface area contributed by atoms with Crippen LogP contribution in [0.1, 0.15) is 64.9 Å². The molecule has 1 aromatic carbocycles. The summed E-state index contributed by atoms with van der Waals surface area (Å²) in [6, 6.07) is 7.65. The second-order valence-electron chi connectivity index (χ2n) is 7.96. The highest BCUT2D eigenvalue weighted by molar-refractivity contribution is 5.95. The maximum atomic E-state index is 12.8. The van der Waals surface area contributed by atoms with Crippen LogP contribution in [0.4, 0.5) is 0 Å². The van der Waals surface area contributed by atoms with Gasteiger partial charge < -0.3 is 10.6 Å². The summed E-state index contributed by atoms with van der Waals surface area (Å²) in [6.07, 6.45) is 9.94. The highest BCUT2D eigenvalue weighted by Gasteiger charge is 2.52. The number of aryl methyl sites for hydroxylation is 1. The van der Waals surface area contributed by atoms with E-state index in [9.17, 15) is 9.59 Å². The highest BCUT2D eigenvalue weighted by atomic mass is 16.2. The minimum atomic E-state index is -0.271. The number of carbonyl (C=O) groups is 2. The lowest BCUT2D eigenvalue weighted by Crippen LogP contribution is -2.55. The number of hydrogen-bond acceptors (Lipinski definition) is 4. The van der Waals surface area contributed by atoms with E-state index in [2.05, 4.69) is 20.6 Å². The second-order valence-corrected chi connectivity index (χ2v) is 7.96. The summed E-state index contributed by atoms with van der Waals surface area (Å²) in [7, 11) is 0. The lowest BCUT2D eigenvalue weighted by atomic mass is 9.78. The number of carbonyl (C=O) groups excluding carboxylic acids is 2. The van der Waals surface area contributed by atoms with Gasteiger partial charge in [-0.25, -0.2) is 4.98 Å². The van der Waals surface area contributed by atoms with E-state index >= 15 is 0 Å². The predicted molar refractivity (Wildman–Crippen MR) is 101 cm³/mol. The smallest absolute Gasteiger partial charge is 0.271 e. The van der Waals surface area contributed by atoms with Crippen molar-refractivity contribution in [3.8, 4) is 0 Å². The Bertz CT molecular complexity index is 869. The van der Waals surface area contributed by atoms with E-state index in [0.717, 1.165) is 44.1 Å². The summed E-state index contributed by atoms with van der Waals surface area (Å²) in [5.41, 5.74) is 1.58. The summed E-state index contributed by atoms with van der Waals surface area (Å²) in [4.78, 5) is 33.4. The average Bonchev–Trinajstić information content (AvgIpc) is 2.92.